The molecular formula is C70H110N4O6. The molecule has 5 rings (SSSR count). The van der Waals surface area contributed by atoms with Crippen LogP contribution in [0.3, 0.4) is 0 Å². The lowest BCUT2D eigenvalue weighted by Crippen LogP contribution is -2.07. The van der Waals surface area contributed by atoms with Crippen molar-refractivity contribution in [1.29, 1.82) is 0 Å². The number of hydrogen-bond donors (Lipinski definition) is 0. The monoisotopic (exact) mass is 1100 g/mol. The van der Waals surface area contributed by atoms with E-state index in [4.69, 9.17) is 27.8 Å². The third-order valence-corrected chi connectivity index (χ3v) is 15.6. The highest BCUT2D eigenvalue weighted by Crippen LogP contribution is 2.43. The Morgan fingerprint density at radius 1 is 0.263 bits per heavy atom. The van der Waals surface area contributed by atoms with Gasteiger partial charge in [0.25, 0.3) is 0 Å². The van der Waals surface area contributed by atoms with Crippen molar-refractivity contribution in [3.8, 4) is 68.8 Å². The second-order valence-corrected chi connectivity index (χ2v) is 22.8. The Hall–Kier alpha value is -4.86. The fraction of sp³-hybridized carbons (Fsp3) is 0.686. The van der Waals surface area contributed by atoms with Crippen molar-refractivity contribution in [3.63, 3.8) is 0 Å². The zero-order valence-electron chi connectivity index (χ0n) is 51.1. The molecule has 446 valence electrons. The number of benzene rings is 3. The quantitative estimate of drug-likeness (QED) is 0.0349. The van der Waals surface area contributed by atoms with Crippen LogP contribution < -0.4 is 18.9 Å². The maximum atomic E-state index is 6.68. The van der Waals surface area contributed by atoms with Crippen LogP contribution in [-0.4, -0.2) is 46.8 Å². The molecule has 0 bridgehead atoms. The van der Waals surface area contributed by atoms with Crippen molar-refractivity contribution < 1.29 is 27.8 Å². The average molecular weight is 1100 g/mol. The number of ether oxygens (including phenoxy) is 4. The third-order valence-electron chi connectivity index (χ3n) is 15.6. The summed E-state index contributed by atoms with van der Waals surface area (Å²) in [5.74, 6) is 4.60. The highest BCUT2D eigenvalue weighted by Gasteiger charge is 2.21. The SMILES string of the molecule is CCCCCCCCCCCCOc1ccc(-c2nnc(-c3ccc(-c4nnc(-c5cc(OCCCCCCCCCCCC)c(OCCCCCCCCCCCC)c(OCCCCCCCCCCCC)c5)o4)cc3)o2)cc1. The van der Waals surface area contributed by atoms with Gasteiger partial charge in [-0.2, -0.15) is 0 Å². The van der Waals surface area contributed by atoms with E-state index < -0.39 is 0 Å². The van der Waals surface area contributed by atoms with Gasteiger partial charge in [0, 0.05) is 22.3 Å². The first kappa shape index (κ1) is 65.9. The Bertz CT molecular complexity index is 2190. The summed E-state index contributed by atoms with van der Waals surface area (Å²) in [5.41, 5.74) is 3.17. The highest BCUT2D eigenvalue weighted by atomic mass is 16.5. The number of aromatic nitrogens is 4. The van der Waals surface area contributed by atoms with Gasteiger partial charge in [0.1, 0.15) is 5.75 Å². The number of unbranched alkanes of at least 4 members (excludes halogenated alkanes) is 36. The Balaban J connectivity index is 1.21. The molecule has 5 aromatic rings. The van der Waals surface area contributed by atoms with Gasteiger partial charge in [-0.1, -0.05) is 259 Å². The summed E-state index contributed by atoms with van der Waals surface area (Å²) in [7, 11) is 0. The molecule has 0 aliphatic rings. The summed E-state index contributed by atoms with van der Waals surface area (Å²) < 4.78 is 38.7. The lowest BCUT2D eigenvalue weighted by atomic mass is 10.1. The largest absolute Gasteiger partial charge is 0.494 e. The van der Waals surface area contributed by atoms with Crippen molar-refractivity contribution >= 4 is 0 Å². The van der Waals surface area contributed by atoms with E-state index in [-0.39, 0.29) is 0 Å². The van der Waals surface area contributed by atoms with Gasteiger partial charge in [0.15, 0.2) is 11.5 Å². The van der Waals surface area contributed by atoms with Crippen LogP contribution in [0.15, 0.2) is 69.5 Å². The lowest BCUT2D eigenvalue weighted by molar-refractivity contribution is 0.234. The Kier molecular flexibility index (Phi) is 36.1. The van der Waals surface area contributed by atoms with Crippen LogP contribution in [0.25, 0.3) is 45.8 Å². The minimum absolute atomic E-state index is 0.398. The molecule has 0 saturated heterocycles. The normalized spacial score (nSPS) is 11.4. The van der Waals surface area contributed by atoms with Crippen LogP contribution in [0.5, 0.6) is 23.0 Å². The molecule has 0 saturated carbocycles. The van der Waals surface area contributed by atoms with E-state index in [0.29, 0.717) is 60.6 Å². The van der Waals surface area contributed by atoms with E-state index in [0.717, 1.165) is 79.6 Å². The van der Waals surface area contributed by atoms with Crippen molar-refractivity contribution in [2.75, 3.05) is 26.4 Å². The molecule has 2 aromatic heterocycles. The molecule has 0 aliphatic carbocycles. The summed E-state index contributed by atoms with van der Waals surface area (Å²) in [6.07, 6.45) is 51.3. The zero-order chi connectivity index (χ0) is 56.2. The minimum atomic E-state index is 0.398. The predicted octanol–water partition coefficient (Wildman–Crippen LogP) is 22.3. The van der Waals surface area contributed by atoms with E-state index in [1.54, 1.807) is 0 Å². The fourth-order valence-electron chi connectivity index (χ4n) is 10.5. The molecule has 0 fully saturated rings. The van der Waals surface area contributed by atoms with Crippen molar-refractivity contribution in [1.82, 2.24) is 20.4 Å². The van der Waals surface area contributed by atoms with E-state index in [1.807, 2.05) is 60.7 Å². The van der Waals surface area contributed by atoms with Gasteiger partial charge in [-0.3, -0.25) is 0 Å². The molecule has 2 heterocycles. The number of rotatable bonds is 52. The first-order valence-electron chi connectivity index (χ1n) is 33.2. The second kappa shape index (κ2) is 43.8. The van der Waals surface area contributed by atoms with E-state index >= 15 is 0 Å². The second-order valence-electron chi connectivity index (χ2n) is 22.8. The minimum Gasteiger partial charge on any atom is -0.494 e. The van der Waals surface area contributed by atoms with Crippen LogP contribution in [0.2, 0.25) is 0 Å². The first-order valence-corrected chi connectivity index (χ1v) is 33.2. The van der Waals surface area contributed by atoms with Crippen molar-refractivity contribution in [2.24, 2.45) is 0 Å². The fourth-order valence-corrected chi connectivity index (χ4v) is 10.5. The van der Waals surface area contributed by atoms with Crippen LogP contribution in [-0.2, 0) is 0 Å². The van der Waals surface area contributed by atoms with E-state index in [9.17, 15) is 0 Å². The van der Waals surface area contributed by atoms with E-state index in [2.05, 4.69) is 48.1 Å². The molecule has 3 aromatic carbocycles. The highest BCUT2D eigenvalue weighted by molar-refractivity contribution is 5.68. The zero-order valence-corrected chi connectivity index (χ0v) is 51.1. The third kappa shape index (κ3) is 27.7. The topological polar surface area (TPSA) is 115 Å². The van der Waals surface area contributed by atoms with Crippen molar-refractivity contribution in [2.45, 2.75) is 285 Å². The maximum Gasteiger partial charge on any atom is 0.248 e. The molecule has 0 atom stereocenters. The molecule has 0 spiro atoms. The van der Waals surface area contributed by atoms with Crippen LogP contribution in [0, 0.1) is 0 Å². The first-order chi connectivity index (χ1) is 39.6. The van der Waals surface area contributed by atoms with Crippen LogP contribution in [0.1, 0.15) is 285 Å². The van der Waals surface area contributed by atoms with Gasteiger partial charge in [-0.25, -0.2) is 0 Å². The van der Waals surface area contributed by atoms with Gasteiger partial charge >= 0.3 is 0 Å². The summed E-state index contributed by atoms with van der Waals surface area (Å²) in [4.78, 5) is 0. The van der Waals surface area contributed by atoms with Crippen LogP contribution in [0.4, 0.5) is 0 Å². The van der Waals surface area contributed by atoms with Crippen LogP contribution >= 0.6 is 0 Å². The number of nitrogens with zero attached hydrogens (tertiary/aromatic N) is 4. The predicted molar refractivity (Wildman–Crippen MR) is 333 cm³/mol. The standard InChI is InChI=1S/C70H110N4O6/c1-5-9-13-17-21-25-29-33-37-41-53-75-63-51-49-61(50-52-63)69-72-71-67(79-69)59-45-47-60(48-46-59)68-73-74-70(80-68)62-57-64(76-54-42-38-34-30-26-22-18-14-10-6-2)66(78-56-44-40-36-32-28-24-20-16-12-8-4)65(58-62)77-55-43-39-35-31-27-23-19-15-11-7-3/h45-52,57-58H,5-44,53-56H2,1-4H3. The Labute approximate surface area is 486 Å². The molecule has 0 amide bonds. The lowest BCUT2D eigenvalue weighted by Gasteiger charge is -2.18. The molecule has 10 heteroatoms. The maximum absolute atomic E-state index is 6.68. The van der Waals surface area contributed by atoms with Gasteiger partial charge < -0.3 is 27.8 Å². The smallest absolute Gasteiger partial charge is 0.248 e. The summed E-state index contributed by atoms with van der Waals surface area (Å²) >= 11 is 0. The van der Waals surface area contributed by atoms with Crippen molar-refractivity contribution in [3.05, 3.63) is 60.7 Å². The van der Waals surface area contributed by atoms with Gasteiger partial charge in [-0.15, -0.1) is 20.4 Å². The van der Waals surface area contributed by atoms with Gasteiger partial charge in [-0.05, 0) is 86.3 Å². The average Bonchev–Trinajstić information content (AvgIpc) is 4.21. The molecule has 10 nitrogen and oxygen atoms in total. The van der Waals surface area contributed by atoms with Gasteiger partial charge in [0.2, 0.25) is 29.3 Å². The van der Waals surface area contributed by atoms with E-state index in [1.165, 1.54) is 212 Å². The molecule has 0 radical (unpaired) electrons. The molecule has 80 heavy (non-hydrogen) atoms. The Morgan fingerprint density at radius 2 is 0.500 bits per heavy atom. The van der Waals surface area contributed by atoms with Gasteiger partial charge in [0.05, 0.1) is 26.4 Å². The molecular weight excluding hydrogens is 993 g/mol. The Morgan fingerprint density at radius 3 is 0.800 bits per heavy atom. The molecule has 0 aliphatic heterocycles. The summed E-state index contributed by atoms with van der Waals surface area (Å²) in [5, 5.41) is 17.9. The molecule has 0 unspecified atom stereocenters. The number of hydrogen-bond acceptors (Lipinski definition) is 10. The summed E-state index contributed by atoms with van der Waals surface area (Å²) in [6.45, 7) is 11.7. The summed E-state index contributed by atoms with van der Waals surface area (Å²) in [6, 6.07) is 19.7. The molecule has 0 N–H and O–H groups in total.